The normalized spacial score (nSPS) is 11.9. The number of nitrogens with one attached hydrogen (secondary N) is 1. The summed E-state index contributed by atoms with van der Waals surface area (Å²) >= 11 is 1.63. The number of rotatable bonds is 5. The highest BCUT2D eigenvalue weighted by atomic mass is 32.1. The summed E-state index contributed by atoms with van der Waals surface area (Å²) in [5, 5.41) is 6.26. The molecule has 116 valence electrons. The van der Waals surface area contributed by atoms with E-state index in [9.17, 15) is 4.79 Å². The first-order valence-corrected chi connectivity index (χ1v) is 8.15. The summed E-state index contributed by atoms with van der Waals surface area (Å²) in [7, 11) is 0. The molecule has 3 rings (SSSR count). The van der Waals surface area contributed by atoms with Crippen LogP contribution < -0.4 is 11.1 Å². The molecule has 0 fully saturated rings. The van der Waals surface area contributed by atoms with Crippen molar-refractivity contribution in [2.75, 3.05) is 5.32 Å². The van der Waals surface area contributed by atoms with E-state index in [1.165, 1.54) is 0 Å². The Labute approximate surface area is 139 Å². The average Bonchev–Trinajstić information content (AvgIpc) is 3.00. The van der Waals surface area contributed by atoms with Crippen molar-refractivity contribution in [1.29, 1.82) is 0 Å². The lowest BCUT2D eigenvalue weighted by atomic mass is 10.1. The predicted molar refractivity (Wildman–Crippen MR) is 94.3 cm³/mol. The van der Waals surface area contributed by atoms with Gasteiger partial charge in [0.25, 0.3) is 0 Å². The maximum atomic E-state index is 11.7. The second-order valence-electron chi connectivity index (χ2n) is 5.22. The maximum absolute atomic E-state index is 11.7. The molecule has 5 heteroatoms. The Morgan fingerprint density at radius 3 is 2.39 bits per heavy atom. The minimum atomic E-state index is -0.552. The first-order valence-electron chi connectivity index (χ1n) is 7.27. The van der Waals surface area contributed by atoms with Gasteiger partial charge in [0.15, 0.2) is 0 Å². The lowest BCUT2D eigenvalue weighted by Crippen LogP contribution is -2.27. The van der Waals surface area contributed by atoms with Crippen molar-refractivity contribution in [3.63, 3.8) is 0 Å². The number of thiazole rings is 1. The zero-order valence-electron chi connectivity index (χ0n) is 12.7. The van der Waals surface area contributed by atoms with Crippen LogP contribution in [0.2, 0.25) is 0 Å². The van der Waals surface area contributed by atoms with Gasteiger partial charge in [-0.25, -0.2) is 4.98 Å². The van der Waals surface area contributed by atoms with E-state index in [1.807, 2.05) is 66.9 Å². The molecule has 0 aliphatic rings. The molecular formula is C18H17N3OS. The van der Waals surface area contributed by atoms with Gasteiger partial charge in [-0.1, -0.05) is 42.5 Å². The summed E-state index contributed by atoms with van der Waals surface area (Å²) < 4.78 is 0. The number of amides is 1. The van der Waals surface area contributed by atoms with Gasteiger partial charge < -0.3 is 11.1 Å². The predicted octanol–water partition coefficient (Wildman–Crippen LogP) is 3.76. The van der Waals surface area contributed by atoms with Crippen LogP contribution in [0, 0.1) is 6.92 Å². The number of nitrogens with two attached hydrogens (primary N) is 1. The summed E-state index contributed by atoms with van der Waals surface area (Å²) in [6, 6.07) is 16.7. The Hall–Kier alpha value is -2.66. The lowest BCUT2D eigenvalue weighted by Gasteiger charge is -2.17. The van der Waals surface area contributed by atoms with Gasteiger partial charge in [-0.05, 0) is 24.6 Å². The lowest BCUT2D eigenvalue weighted by molar-refractivity contribution is -0.118. The van der Waals surface area contributed by atoms with E-state index in [2.05, 4.69) is 10.3 Å². The Morgan fingerprint density at radius 2 is 1.83 bits per heavy atom. The molecule has 0 bridgehead atoms. The minimum Gasteiger partial charge on any atom is -0.370 e. The van der Waals surface area contributed by atoms with Crippen LogP contribution in [0.4, 0.5) is 5.69 Å². The van der Waals surface area contributed by atoms with E-state index >= 15 is 0 Å². The third-order valence-corrected chi connectivity index (χ3v) is 4.30. The standard InChI is InChI=1S/C18H17N3OS/c1-12-20-16(11-23-12)13-7-9-15(10-8-13)21-17(18(19)22)14-5-3-2-4-6-14/h2-11,17,21H,1H3,(H2,19,22)/t17-/m0/s1. The molecule has 3 aromatic rings. The van der Waals surface area contributed by atoms with Gasteiger partial charge in [0.2, 0.25) is 5.91 Å². The molecule has 0 saturated carbocycles. The Morgan fingerprint density at radius 1 is 1.13 bits per heavy atom. The zero-order valence-corrected chi connectivity index (χ0v) is 13.5. The number of primary amides is 1. The number of aromatic nitrogens is 1. The van der Waals surface area contributed by atoms with E-state index in [0.29, 0.717) is 0 Å². The van der Waals surface area contributed by atoms with Crippen LogP contribution in [0.15, 0.2) is 60.0 Å². The monoisotopic (exact) mass is 323 g/mol. The summed E-state index contributed by atoms with van der Waals surface area (Å²) in [6.45, 7) is 1.99. The van der Waals surface area contributed by atoms with Crippen LogP contribution in [-0.4, -0.2) is 10.9 Å². The van der Waals surface area contributed by atoms with Crippen molar-refractivity contribution in [2.24, 2.45) is 5.73 Å². The highest BCUT2D eigenvalue weighted by molar-refractivity contribution is 7.09. The first-order chi connectivity index (χ1) is 11.1. The van der Waals surface area contributed by atoms with Crippen LogP contribution in [0.3, 0.4) is 0 Å². The summed E-state index contributed by atoms with van der Waals surface area (Å²) in [4.78, 5) is 16.2. The molecule has 0 aliphatic heterocycles. The van der Waals surface area contributed by atoms with E-state index in [-0.39, 0.29) is 0 Å². The molecule has 2 aromatic carbocycles. The number of carbonyl (C=O) groups is 1. The first kappa shape index (κ1) is 15.2. The van der Waals surface area contributed by atoms with Gasteiger partial charge >= 0.3 is 0 Å². The molecule has 23 heavy (non-hydrogen) atoms. The maximum Gasteiger partial charge on any atom is 0.244 e. The quantitative estimate of drug-likeness (QED) is 0.751. The van der Waals surface area contributed by atoms with Crippen molar-refractivity contribution in [3.8, 4) is 11.3 Å². The largest absolute Gasteiger partial charge is 0.370 e. The van der Waals surface area contributed by atoms with E-state index in [4.69, 9.17) is 5.73 Å². The van der Waals surface area contributed by atoms with Crippen LogP contribution in [-0.2, 0) is 4.79 Å². The molecule has 1 heterocycles. The molecule has 3 N–H and O–H groups in total. The summed E-state index contributed by atoms with van der Waals surface area (Å²) in [5.74, 6) is -0.407. The Bertz CT molecular complexity index is 797. The van der Waals surface area contributed by atoms with Gasteiger partial charge in [0.1, 0.15) is 6.04 Å². The molecule has 1 aromatic heterocycles. The number of carbonyl (C=O) groups excluding carboxylic acids is 1. The van der Waals surface area contributed by atoms with Crippen molar-refractivity contribution in [1.82, 2.24) is 4.98 Å². The highest BCUT2D eigenvalue weighted by Gasteiger charge is 2.17. The minimum absolute atomic E-state index is 0.407. The fourth-order valence-electron chi connectivity index (χ4n) is 2.36. The van der Waals surface area contributed by atoms with E-state index in [0.717, 1.165) is 27.5 Å². The van der Waals surface area contributed by atoms with Crippen LogP contribution in [0.1, 0.15) is 16.6 Å². The Balaban J connectivity index is 1.80. The van der Waals surface area contributed by atoms with Gasteiger partial charge in [0, 0.05) is 16.6 Å². The van der Waals surface area contributed by atoms with Crippen molar-refractivity contribution in [3.05, 3.63) is 70.5 Å². The van der Waals surface area contributed by atoms with Crippen LogP contribution in [0.5, 0.6) is 0 Å². The van der Waals surface area contributed by atoms with Crippen LogP contribution >= 0.6 is 11.3 Å². The molecule has 1 atom stereocenters. The van der Waals surface area contributed by atoms with Gasteiger partial charge in [0.05, 0.1) is 10.7 Å². The van der Waals surface area contributed by atoms with Crippen molar-refractivity contribution < 1.29 is 4.79 Å². The van der Waals surface area contributed by atoms with Gasteiger partial charge in [-0.3, -0.25) is 4.79 Å². The Kier molecular flexibility index (Phi) is 4.39. The van der Waals surface area contributed by atoms with Crippen LogP contribution in [0.25, 0.3) is 11.3 Å². The van der Waals surface area contributed by atoms with Crippen molar-refractivity contribution >= 4 is 22.9 Å². The molecular weight excluding hydrogens is 306 g/mol. The zero-order chi connectivity index (χ0) is 16.2. The molecule has 0 aliphatic carbocycles. The van der Waals surface area contributed by atoms with E-state index < -0.39 is 11.9 Å². The number of nitrogens with zero attached hydrogens (tertiary/aromatic N) is 1. The second-order valence-corrected chi connectivity index (χ2v) is 6.28. The van der Waals surface area contributed by atoms with Gasteiger partial charge in [-0.2, -0.15) is 0 Å². The fourth-order valence-corrected chi connectivity index (χ4v) is 2.99. The average molecular weight is 323 g/mol. The molecule has 0 saturated heterocycles. The van der Waals surface area contributed by atoms with E-state index in [1.54, 1.807) is 11.3 Å². The molecule has 0 unspecified atom stereocenters. The number of hydrogen-bond donors (Lipinski definition) is 2. The van der Waals surface area contributed by atoms with Gasteiger partial charge in [-0.15, -0.1) is 11.3 Å². The second kappa shape index (κ2) is 6.62. The number of hydrogen-bond acceptors (Lipinski definition) is 4. The highest BCUT2D eigenvalue weighted by Crippen LogP contribution is 2.25. The molecule has 0 spiro atoms. The molecule has 4 nitrogen and oxygen atoms in total. The molecule has 0 radical (unpaired) electrons. The fraction of sp³-hybridized carbons (Fsp3) is 0.111. The number of anilines is 1. The van der Waals surface area contributed by atoms with Crippen molar-refractivity contribution in [2.45, 2.75) is 13.0 Å². The number of benzene rings is 2. The smallest absolute Gasteiger partial charge is 0.244 e. The molecule has 1 amide bonds. The third kappa shape index (κ3) is 3.57. The summed E-state index contributed by atoms with van der Waals surface area (Å²) in [5.41, 5.74) is 9.24. The third-order valence-electron chi connectivity index (χ3n) is 3.53. The topological polar surface area (TPSA) is 68.0 Å². The number of aryl methyl sites for hydroxylation is 1. The SMILES string of the molecule is Cc1nc(-c2ccc(N[C@H](C(N)=O)c3ccccc3)cc2)cs1. The summed E-state index contributed by atoms with van der Waals surface area (Å²) in [6.07, 6.45) is 0.